The minimum atomic E-state index is -0.0182. The lowest BCUT2D eigenvalue weighted by atomic mass is 10.2. The lowest BCUT2D eigenvalue weighted by molar-refractivity contribution is 0.0793. The van der Waals surface area contributed by atoms with Gasteiger partial charge in [0.25, 0.3) is 5.91 Å². The molecule has 1 aromatic rings. The molecule has 78 valence electrons. The van der Waals surface area contributed by atoms with Crippen molar-refractivity contribution in [2.24, 2.45) is 5.73 Å². The van der Waals surface area contributed by atoms with E-state index in [1.54, 1.807) is 18.0 Å². The number of hydrogen-bond acceptors (Lipinski definition) is 3. The van der Waals surface area contributed by atoms with Gasteiger partial charge in [-0.2, -0.15) is 0 Å². The smallest absolute Gasteiger partial charge is 0.256 e. The van der Waals surface area contributed by atoms with Crippen molar-refractivity contribution >= 4 is 5.91 Å². The number of rotatable bonds is 4. The van der Waals surface area contributed by atoms with Crippen LogP contribution < -0.4 is 5.73 Å². The summed E-state index contributed by atoms with van der Waals surface area (Å²) in [5.74, 6) is 0.732. The Balaban J connectivity index is 2.56. The lowest BCUT2D eigenvalue weighted by Crippen LogP contribution is -2.28. The first-order chi connectivity index (χ1) is 6.65. The third kappa shape index (κ3) is 2.60. The maximum atomic E-state index is 11.7. The Bertz CT molecular complexity index is 307. The lowest BCUT2D eigenvalue weighted by Gasteiger charge is -2.15. The quantitative estimate of drug-likeness (QED) is 0.781. The summed E-state index contributed by atoms with van der Waals surface area (Å²) < 4.78 is 5.07. The van der Waals surface area contributed by atoms with Crippen molar-refractivity contribution in [2.45, 2.75) is 13.3 Å². The van der Waals surface area contributed by atoms with E-state index in [9.17, 15) is 4.79 Å². The average molecular weight is 196 g/mol. The zero-order chi connectivity index (χ0) is 10.6. The molecule has 14 heavy (non-hydrogen) atoms. The van der Waals surface area contributed by atoms with Gasteiger partial charge in [-0.05, 0) is 26.0 Å². The average Bonchev–Trinajstić information content (AvgIpc) is 2.60. The van der Waals surface area contributed by atoms with Crippen LogP contribution in [0.25, 0.3) is 0 Å². The molecule has 0 aliphatic heterocycles. The molecule has 1 rings (SSSR count). The Morgan fingerprint density at radius 3 is 2.86 bits per heavy atom. The number of carbonyl (C=O) groups excluding carboxylic acids is 1. The molecule has 0 aliphatic rings. The van der Waals surface area contributed by atoms with E-state index in [1.807, 2.05) is 6.92 Å². The van der Waals surface area contributed by atoms with Crippen molar-refractivity contribution in [2.75, 3.05) is 20.1 Å². The summed E-state index contributed by atoms with van der Waals surface area (Å²) in [5.41, 5.74) is 5.96. The van der Waals surface area contributed by atoms with Crippen molar-refractivity contribution in [3.63, 3.8) is 0 Å². The van der Waals surface area contributed by atoms with Crippen molar-refractivity contribution in [3.05, 3.63) is 23.7 Å². The van der Waals surface area contributed by atoms with Gasteiger partial charge in [0.05, 0.1) is 5.56 Å². The second-order valence-corrected chi connectivity index (χ2v) is 3.31. The van der Waals surface area contributed by atoms with Crippen LogP contribution in [-0.4, -0.2) is 30.9 Å². The maximum Gasteiger partial charge on any atom is 0.256 e. The molecule has 4 heteroatoms. The minimum Gasteiger partial charge on any atom is -0.469 e. The van der Waals surface area contributed by atoms with Crippen LogP contribution in [0.15, 0.2) is 16.7 Å². The topological polar surface area (TPSA) is 59.5 Å². The molecule has 0 fully saturated rings. The van der Waals surface area contributed by atoms with Gasteiger partial charge in [-0.1, -0.05) is 0 Å². The molecule has 4 nitrogen and oxygen atoms in total. The number of aryl methyl sites for hydroxylation is 1. The van der Waals surface area contributed by atoms with E-state index in [0.717, 1.165) is 12.2 Å². The highest BCUT2D eigenvalue weighted by Crippen LogP contribution is 2.08. The predicted octanol–water partition coefficient (Wildman–Crippen LogP) is 1.01. The molecular weight excluding hydrogens is 180 g/mol. The van der Waals surface area contributed by atoms with Gasteiger partial charge in [0.15, 0.2) is 0 Å². The highest BCUT2D eigenvalue weighted by atomic mass is 16.3. The molecule has 0 saturated heterocycles. The van der Waals surface area contributed by atoms with Crippen LogP contribution in [0.3, 0.4) is 0 Å². The molecule has 0 radical (unpaired) electrons. The van der Waals surface area contributed by atoms with E-state index in [0.29, 0.717) is 18.7 Å². The van der Waals surface area contributed by atoms with Gasteiger partial charge in [0, 0.05) is 13.6 Å². The molecule has 0 aliphatic carbocycles. The standard InChI is InChI=1S/C10H16N2O2/c1-8-6-9(7-14-8)10(13)12(2)5-3-4-11/h6-7H,3-5,11H2,1-2H3. The Hall–Kier alpha value is -1.29. The van der Waals surface area contributed by atoms with Crippen molar-refractivity contribution in [3.8, 4) is 0 Å². The van der Waals surface area contributed by atoms with E-state index >= 15 is 0 Å². The van der Waals surface area contributed by atoms with Gasteiger partial charge in [-0.25, -0.2) is 0 Å². The number of amides is 1. The largest absolute Gasteiger partial charge is 0.469 e. The van der Waals surface area contributed by atoms with Gasteiger partial charge >= 0.3 is 0 Å². The number of carbonyl (C=O) groups is 1. The molecule has 0 spiro atoms. The molecule has 1 heterocycles. The molecule has 0 bridgehead atoms. The van der Waals surface area contributed by atoms with Gasteiger partial charge in [0.2, 0.25) is 0 Å². The minimum absolute atomic E-state index is 0.0182. The summed E-state index contributed by atoms with van der Waals surface area (Å²) in [6.45, 7) is 3.10. The number of hydrogen-bond donors (Lipinski definition) is 1. The third-order valence-electron chi connectivity index (χ3n) is 2.02. The maximum absolute atomic E-state index is 11.7. The van der Waals surface area contributed by atoms with E-state index in [4.69, 9.17) is 10.2 Å². The number of nitrogens with zero attached hydrogens (tertiary/aromatic N) is 1. The monoisotopic (exact) mass is 196 g/mol. The second-order valence-electron chi connectivity index (χ2n) is 3.31. The summed E-state index contributed by atoms with van der Waals surface area (Å²) >= 11 is 0. The van der Waals surface area contributed by atoms with Crippen LogP contribution in [0.1, 0.15) is 22.5 Å². The van der Waals surface area contributed by atoms with Crippen LogP contribution in [0, 0.1) is 6.92 Å². The first-order valence-corrected chi connectivity index (χ1v) is 4.66. The first-order valence-electron chi connectivity index (χ1n) is 4.66. The Morgan fingerprint density at radius 2 is 2.36 bits per heavy atom. The van der Waals surface area contributed by atoms with Crippen LogP contribution in [-0.2, 0) is 0 Å². The zero-order valence-corrected chi connectivity index (χ0v) is 8.62. The molecule has 2 N–H and O–H groups in total. The van der Waals surface area contributed by atoms with Crippen molar-refractivity contribution in [1.82, 2.24) is 4.90 Å². The van der Waals surface area contributed by atoms with E-state index < -0.39 is 0 Å². The van der Waals surface area contributed by atoms with Crippen LogP contribution in [0.5, 0.6) is 0 Å². The number of furan rings is 1. The van der Waals surface area contributed by atoms with Crippen molar-refractivity contribution in [1.29, 1.82) is 0 Å². The third-order valence-corrected chi connectivity index (χ3v) is 2.02. The molecule has 1 amide bonds. The summed E-state index contributed by atoms with van der Waals surface area (Å²) in [6.07, 6.45) is 2.30. The fourth-order valence-corrected chi connectivity index (χ4v) is 1.21. The normalized spacial score (nSPS) is 10.2. The fraction of sp³-hybridized carbons (Fsp3) is 0.500. The van der Waals surface area contributed by atoms with Gasteiger partial charge in [-0.15, -0.1) is 0 Å². The first kappa shape index (κ1) is 10.8. The van der Waals surface area contributed by atoms with E-state index in [1.165, 1.54) is 6.26 Å². The highest BCUT2D eigenvalue weighted by molar-refractivity contribution is 5.93. The van der Waals surface area contributed by atoms with Gasteiger partial charge in [-0.3, -0.25) is 4.79 Å². The second kappa shape index (κ2) is 4.81. The van der Waals surface area contributed by atoms with Crippen LogP contribution >= 0.6 is 0 Å². The molecule has 0 unspecified atom stereocenters. The molecule has 0 aromatic carbocycles. The fourth-order valence-electron chi connectivity index (χ4n) is 1.21. The highest BCUT2D eigenvalue weighted by Gasteiger charge is 2.12. The van der Waals surface area contributed by atoms with Gasteiger partial charge in [0.1, 0.15) is 12.0 Å². The molecule has 1 aromatic heterocycles. The Kier molecular flexibility index (Phi) is 3.71. The summed E-state index contributed by atoms with van der Waals surface area (Å²) in [5, 5.41) is 0. The summed E-state index contributed by atoms with van der Waals surface area (Å²) in [6, 6.07) is 1.74. The Labute approximate surface area is 83.7 Å². The molecule has 0 saturated carbocycles. The summed E-state index contributed by atoms with van der Waals surface area (Å²) in [4.78, 5) is 13.3. The van der Waals surface area contributed by atoms with Crippen molar-refractivity contribution < 1.29 is 9.21 Å². The molecule has 0 atom stereocenters. The van der Waals surface area contributed by atoms with E-state index in [-0.39, 0.29) is 5.91 Å². The SMILES string of the molecule is Cc1cc(C(=O)N(C)CCCN)co1. The summed E-state index contributed by atoms with van der Waals surface area (Å²) in [7, 11) is 1.76. The van der Waals surface area contributed by atoms with Gasteiger partial charge < -0.3 is 15.1 Å². The van der Waals surface area contributed by atoms with Crippen LogP contribution in [0.4, 0.5) is 0 Å². The zero-order valence-electron chi connectivity index (χ0n) is 8.62. The molecular formula is C10H16N2O2. The Morgan fingerprint density at radius 1 is 1.64 bits per heavy atom. The van der Waals surface area contributed by atoms with E-state index in [2.05, 4.69) is 0 Å². The predicted molar refractivity (Wildman–Crippen MR) is 54.1 cm³/mol. The number of nitrogens with two attached hydrogens (primary N) is 1. The van der Waals surface area contributed by atoms with Crippen LogP contribution in [0.2, 0.25) is 0 Å².